The maximum atomic E-state index is 11.5. The minimum atomic E-state index is -0.00241. The second kappa shape index (κ2) is 9.18. The summed E-state index contributed by atoms with van der Waals surface area (Å²) in [6.07, 6.45) is 8.67. The number of rotatable bonds is 8. The number of carbonyl (C=O) groups excluding carboxylic acids is 1. The van der Waals surface area contributed by atoms with Crippen molar-refractivity contribution < 1.29 is 9.28 Å². The number of piperidine rings is 1. The van der Waals surface area contributed by atoms with E-state index >= 15 is 0 Å². The highest BCUT2D eigenvalue weighted by molar-refractivity contribution is 5.73. The largest absolute Gasteiger partial charge is 0.338 e. The van der Waals surface area contributed by atoms with Crippen LogP contribution in [0.5, 0.6) is 0 Å². The maximum absolute atomic E-state index is 11.5. The first-order chi connectivity index (χ1) is 9.16. The van der Waals surface area contributed by atoms with Crippen LogP contribution >= 0.6 is 0 Å². The number of unbranched alkanes of at least 4 members (excludes halogenated alkanes) is 2. The molecule has 0 aromatic carbocycles. The van der Waals surface area contributed by atoms with Crippen LogP contribution < -0.4 is 10.6 Å². The fraction of sp³-hybridized carbons (Fsp3) is 0.933. The van der Waals surface area contributed by atoms with Crippen LogP contribution in [0.15, 0.2) is 0 Å². The Morgan fingerprint density at radius 1 is 1.00 bits per heavy atom. The van der Waals surface area contributed by atoms with Crippen LogP contribution in [-0.4, -0.2) is 50.3 Å². The second-order valence-electron chi connectivity index (χ2n) is 6.09. The first-order valence-electron chi connectivity index (χ1n) is 8.01. The average Bonchev–Trinajstić information content (AvgIpc) is 2.41. The zero-order valence-corrected chi connectivity index (χ0v) is 12.8. The fourth-order valence-electron chi connectivity index (χ4n) is 2.80. The van der Waals surface area contributed by atoms with E-state index in [1.54, 1.807) is 0 Å². The van der Waals surface area contributed by atoms with Crippen LogP contribution in [0, 0.1) is 0 Å². The van der Waals surface area contributed by atoms with Crippen molar-refractivity contribution in [2.45, 2.75) is 51.9 Å². The lowest BCUT2D eigenvalue weighted by atomic mass is 10.1. The molecule has 1 aliphatic heterocycles. The molecule has 19 heavy (non-hydrogen) atoms. The van der Waals surface area contributed by atoms with Gasteiger partial charge in [-0.25, -0.2) is 4.79 Å². The molecule has 0 unspecified atom stereocenters. The molecule has 0 atom stereocenters. The Morgan fingerprint density at radius 3 is 2.26 bits per heavy atom. The van der Waals surface area contributed by atoms with E-state index in [1.165, 1.54) is 56.2 Å². The van der Waals surface area contributed by atoms with Crippen LogP contribution in [0.3, 0.4) is 0 Å². The third-order valence-corrected chi connectivity index (χ3v) is 4.12. The Labute approximate surface area is 118 Å². The van der Waals surface area contributed by atoms with Gasteiger partial charge in [-0.05, 0) is 25.7 Å². The van der Waals surface area contributed by atoms with Crippen LogP contribution in [0.2, 0.25) is 0 Å². The van der Waals surface area contributed by atoms with E-state index in [2.05, 4.69) is 24.6 Å². The van der Waals surface area contributed by atoms with Crippen LogP contribution in [0.1, 0.15) is 51.9 Å². The zero-order chi connectivity index (χ0) is 14.0. The van der Waals surface area contributed by atoms with Gasteiger partial charge in [0.15, 0.2) is 0 Å². The minimum Gasteiger partial charge on any atom is -0.338 e. The highest BCUT2D eigenvalue weighted by Gasteiger charge is 2.23. The van der Waals surface area contributed by atoms with E-state index in [4.69, 9.17) is 0 Å². The topological polar surface area (TPSA) is 41.1 Å². The van der Waals surface area contributed by atoms with Gasteiger partial charge in [-0.3, -0.25) is 0 Å². The lowest BCUT2D eigenvalue weighted by Gasteiger charge is -2.37. The van der Waals surface area contributed by atoms with Gasteiger partial charge in [0, 0.05) is 19.5 Å². The molecule has 4 heteroatoms. The summed E-state index contributed by atoms with van der Waals surface area (Å²) >= 11 is 0. The molecule has 0 aliphatic carbocycles. The Bertz CT molecular complexity index is 250. The lowest BCUT2D eigenvalue weighted by Crippen LogP contribution is -2.49. The number of nitrogens with zero attached hydrogens (tertiary/aromatic N) is 1. The number of urea groups is 1. The van der Waals surface area contributed by atoms with Gasteiger partial charge in [0.05, 0.1) is 26.7 Å². The summed E-state index contributed by atoms with van der Waals surface area (Å²) in [5, 5.41) is 5.87. The number of quaternary nitrogens is 1. The smallest absolute Gasteiger partial charge is 0.314 e. The summed E-state index contributed by atoms with van der Waals surface area (Å²) in [4.78, 5) is 11.5. The summed E-state index contributed by atoms with van der Waals surface area (Å²) in [7, 11) is 2.35. The van der Waals surface area contributed by atoms with E-state index in [0.717, 1.165) is 25.9 Å². The van der Waals surface area contributed by atoms with Crippen molar-refractivity contribution in [2.24, 2.45) is 0 Å². The van der Waals surface area contributed by atoms with E-state index in [9.17, 15) is 4.79 Å². The van der Waals surface area contributed by atoms with E-state index in [1.807, 2.05) is 0 Å². The SMILES string of the molecule is CCCCCNC(=O)NCCC[N+]1(C)CCCCC1. The molecule has 1 saturated heterocycles. The third-order valence-electron chi connectivity index (χ3n) is 4.12. The molecule has 4 nitrogen and oxygen atoms in total. The quantitative estimate of drug-likeness (QED) is 0.516. The van der Waals surface area contributed by atoms with Crippen LogP contribution in [0.25, 0.3) is 0 Å². The fourth-order valence-corrected chi connectivity index (χ4v) is 2.80. The molecule has 0 aromatic rings. The normalized spacial score (nSPS) is 18.0. The van der Waals surface area contributed by atoms with E-state index in [0.29, 0.717) is 0 Å². The molecule has 2 N–H and O–H groups in total. The molecule has 0 aromatic heterocycles. The number of likely N-dealkylation sites (tertiary alicyclic amines) is 1. The summed E-state index contributed by atoms with van der Waals surface area (Å²) < 4.78 is 1.19. The summed E-state index contributed by atoms with van der Waals surface area (Å²) in [6.45, 7) is 7.58. The lowest BCUT2D eigenvalue weighted by molar-refractivity contribution is -0.914. The number of amides is 2. The molecule has 1 rings (SSSR count). The van der Waals surface area contributed by atoms with Crippen molar-refractivity contribution in [1.29, 1.82) is 0 Å². The van der Waals surface area contributed by atoms with Gasteiger partial charge in [0.25, 0.3) is 0 Å². The van der Waals surface area contributed by atoms with Gasteiger partial charge >= 0.3 is 6.03 Å². The number of hydrogen-bond acceptors (Lipinski definition) is 1. The van der Waals surface area contributed by atoms with E-state index in [-0.39, 0.29) is 6.03 Å². The Hall–Kier alpha value is -0.770. The highest BCUT2D eigenvalue weighted by atomic mass is 16.2. The Morgan fingerprint density at radius 2 is 1.63 bits per heavy atom. The first kappa shape index (κ1) is 16.3. The molecule has 112 valence electrons. The molecular formula is C15H32N3O+. The molecule has 0 radical (unpaired) electrons. The highest BCUT2D eigenvalue weighted by Crippen LogP contribution is 2.16. The van der Waals surface area contributed by atoms with Gasteiger partial charge in [-0.15, -0.1) is 0 Å². The molecule has 1 fully saturated rings. The molecule has 0 saturated carbocycles. The average molecular weight is 270 g/mol. The molecule has 1 aliphatic rings. The predicted molar refractivity (Wildman–Crippen MR) is 80.2 cm³/mol. The van der Waals surface area contributed by atoms with Gasteiger partial charge in [0.1, 0.15) is 0 Å². The van der Waals surface area contributed by atoms with E-state index < -0.39 is 0 Å². The Kier molecular flexibility index (Phi) is 7.87. The summed E-state index contributed by atoms with van der Waals surface area (Å²) in [5.41, 5.74) is 0. The number of nitrogens with one attached hydrogen (secondary N) is 2. The summed E-state index contributed by atoms with van der Waals surface area (Å²) in [5.74, 6) is 0. The molecular weight excluding hydrogens is 238 g/mol. The second-order valence-corrected chi connectivity index (χ2v) is 6.09. The van der Waals surface area contributed by atoms with Crippen molar-refractivity contribution >= 4 is 6.03 Å². The Balaban J connectivity index is 1.99. The van der Waals surface area contributed by atoms with Crippen molar-refractivity contribution in [3.8, 4) is 0 Å². The summed E-state index contributed by atoms with van der Waals surface area (Å²) in [6, 6.07) is -0.00241. The van der Waals surface area contributed by atoms with Crippen LogP contribution in [-0.2, 0) is 0 Å². The van der Waals surface area contributed by atoms with Gasteiger partial charge in [-0.2, -0.15) is 0 Å². The number of carbonyl (C=O) groups is 1. The molecule has 0 spiro atoms. The van der Waals surface area contributed by atoms with Gasteiger partial charge < -0.3 is 15.1 Å². The number of hydrogen-bond donors (Lipinski definition) is 2. The maximum Gasteiger partial charge on any atom is 0.314 e. The van der Waals surface area contributed by atoms with Gasteiger partial charge in [-0.1, -0.05) is 19.8 Å². The van der Waals surface area contributed by atoms with Gasteiger partial charge in [0.2, 0.25) is 0 Å². The standard InChI is InChI=1S/C15H31N3O/c1-3-4-6-10-16-15(19)17-11-9-14-18(2)12-7-5-8-13-18/h3-14H2,1-2H3,(H-,16,17,19)/p+1. The van der Waals surface area contributed by atoms with Crippen molar-refractivity contribution in [1.82, 2.24) is 10.6 Å². The van der Waals surface area contributed by atoms with Crippen molar-refractivity contribution in [3.05, 3.63) is 0 Å². The van der Waals surface area contributed by atoms with Crippen molar-refractivity contribution in [2.75, 3.05) is 39.8 Å². The minimum absolute atomic E-state index is 0.00241. The zero-order valence-electron chi connectivity index (χ0n) is 12.8. The van der Waals surface area contributed by atoms with Crippen molar-refractivity contribution in [3.63, 3.8) is 0 Å². The predicted octanol–water partition coefficient (Wildman–Crippen LogP) is 2.50. The molecule has 0 bridgehead atoms. The molecule has 1 heterocycles. The first-order valence-corrected chi connectivity index (χ1v) is 8.01. The third kappa shape index (κ3) is 7.41. The van der Waals surface area contributed by atoms with Crippen LogP contribution in [0.4, 0.5) is 4.79 Å². The molecule has 2 amide bonds. The monoisotopic (exact) mass is 270 g/mol.